The predicted octanol–water partition coefficient (Wildman–Crippen LogP) is 3.44. The van der Waals surface area contributed by atoms with Crippen LogP contribution < -0.4 is 4.74 Å². The van der Waals surface area contributed by atoms with Crippen molar-refractivity contribution in [2.24, 2.45) is 5.41 Å². The van der Waals surface area contributed by atoms with Gasteiger partial charge in [0, 0.05) is 23.6 Å². The predicted molar refractivity (Wildman–Crippen MR) is 95.8 cm³/mol. The van der Waals surface area contributed by atoms with E-state index in [4.69, 9.17) is 4.74 Å². The monoisotopic (exact) mass is 398 g/mol. The number of aromatic amines is 1. The summed E-state index contributed by atoms with van der Waals surface area (Å²) in [4.78, 5) is 8.37. The largest absolute Gasteiger partial charge is 0.476 e. The van der Waals surface area contributed by atoms with Crippen LogP contribution in [-0.2, 0) is 6.54 Å². The number of rotatable bonds is 2. The SMILES string of the molecule is Fc1ccc(-c2nn3c(c2-c2ccnc4[nH]ncc24)OCC2(C3)CC2(F)F)nc1. The lowest BCUT2D eigenvalue weighted by Gasteiger charge is -2.24. The van der Waals surface area contributed by atoms with Crippen LogP contribution in [0.5, 0.6) is 5.88 Å². The van der Waals surface area contributed by atoms with Crippen LogP contribution in [0.1, 0.15) is 6.42 Å². The highest BCUT2D eigenvalue weighted by molar-refractivity contribution is 5.98. The van der Waals surface area contributed by atoms with E-state index >= 15 is 0 Å². The van der Waals surface area contributed by atoms with Gasteiger partial charge in [-0.3, -0.25) is 10.1 Å². The summed E-state index contributed by atoms with van der Waals surface area (Å²) in [6.45, 7) is -0.0439. The molecule has 1 spiro atoms. The molecule has 0 radical (unpaired) electrons. The molecule has 29 heavy (non-hydrogen) atoms. The number of hydrogen-bond donors (Lipinski definition) is 1. The van der Waals surface area contributed by atoms with Gasteiger partial charge >= 0.3 is 0 Å². The zero-order valence-corrected chi connectivity index (χ0v) is 14.9. The summed E-state index contributed by atoms with van der Waals surface area (Å²) in [5.41, 5.74) is 1.51. The van der Waals surface area contributed by atoms with Gasteiger partial charge in [0.15, 0.2) is 5.65 Å². The molecule has 1 unspecified atom stereocenters. The molecule has 1 N–H and O–H groups in total. The second-order valence-electron chi connectivity index (χ2n) is 7.49. The Hall–Kier alpha value is -3.43. The maximum atomic E-state index is 13.9. The van der Waals surface area contributed by atoms with Gasteiger partial charge in [0.2, 0.25) is 5.88 Å². The summed E-state index contributed by atoms with van der Waals surface area (Å²) in [7, 11) is 0. The molecule has 0 saturated heterocycles. The molecule has 5 heterocycles. The number of ether oxygens (including phenoxy) is 1. The molecule has 6 rings (SSSR count). The minimum absolute atomic E-state index is 0.0448. The molecular weight excluding hydrogens is 385 g/mol. The van der Waals surface area contributed by atoms with Gasteiger partial charge in [-0.2, -0.15) is 10.2 Å². The van der Waals surface area contributed by atoms with E-state index in [9.17, 15) is 13.2 Å². The number of halogens is 3. The van der Waals surface area contributed by atoms with E-state index in [0.29, 0.717) is 28.5 Å². The standard InChI is InChI=1S/C19H13F3N6O/c20-10-1-2-13(24-5-10)15-14(11-3-4-23-16-12(11)6-25-26-16)17-28(27-15)8-18(9-29-17)7-19(18,21)22/h1-6H,7-9H2,(H,23,25,26). The molecule has 4 aromatic rings. The molecule has 1 aliphatic carbocycles. The van der Waals surface area contributed by atoms with Crippen molar-refractivity contribution in [2.75, 3.05) is 6.61 Å². The van der Waals surface area contributed by atoms with Crippen molar-refractivity contribution >= 4 is 11.0 Å². The van der Waals surface area contributed by atoms with Crippen LogP contribution in [0, 0.1) is 11.2 Å². The molecule has 0 aromatic carbocycles. The van der Waals surface area contributed by atoms with Crippen LogP contribution in [0.25, 0.3) is 33.5 Å². The van der Waals surface area contributed by atoms with Gasteiger partial charge in [-0.1, -0.05) is 0 Å². The molecular formula is C19H13F3N6O. The highest BCUT2D eigenvalue weighted by Gasteiger charge is 2.73. The van der Waals surface area contributed by atoms with Gasteiger partial charge in [-0.25, -0.2) is 22.8 Å². The molecule has 1 aliphatic heterocycles. The molecule has 0 bridgehead atoms. The lowest BCUT2D eigenvalue weighted by atomic mass is 10.0. The fourth-order valence-corrected chi connectivity index (χ4v) is 3.96. The van der Waals surface area contributed by atoms with Crippen LogP contribution in [0.4, 0.5) is 13.2 Å². The van der Waals surface area contributed by atoms with Crippen molar-refractivity contribution < 1.29 is 17.9 Å². The number of alkyl halides is 2. The number of aromatic nitrogens is 6. The van der Waals surface area contributed by atoms with E-state index in [1.54, 1.807) is 18.5 Å². The summed E-state index contributed by atoms with van der Waals surface area (Å²) in [6, 6.07) is 4.56. The topological polar surface area (TPSA) is 81.5 Å². The Bertz CT molecular complexity index is 1260. The summed E-state index contributed by atoms with van der Waals surface area (Å²) in [6.07, 6.45) is 4.11. The lowest BCUT2D eigenvalue weighted by molar-refractivity contribution is 0.0154. The molecule has 10 heteroatoms. The first-order chi connectivity index (χ1) is 14.0. The first kappa shape index (κ1) is 16.5. The average Bonchev–Trinajstić information content (AvgIpc) is 3.09. The van der Waals surface area contributed by atoms with Crippen LogP contribution in [0.15, 0.2) is 36.8 Å². The molecule has 4 aromatic heterocycles. The zero-order chi connectivity index (χ0) is 19.8. The van der Waals surface area contributed by atoms with Gasteiger partial charge in [-0.15, -0.1) is 0 Å². The molecule has 1 fully saturated rings. The van der Waals surface area contributed by atoms with Crippen LogP contribution in [0.3, 0.4) is 0 Å². The minimum atomic E-state index is -2.76. The molecule has 1 saturated carbocycles. The zero-order valence-electron chi connectivity index (χ0n) is 14.9. The summed E-state index contributed by atoms with van der Waals surface area (Å²) >= 11 is 0. The van der Waals surface area contributed by atoms with Gasteiger partial charge in [0.1, 0.15) is 18.1 Å². The van der Waals surface area contributed by atoms with Crippen molar-refractivity contribution in [1.82, 2.24) is 29.9 Å². The van der Waals surface area contributed by atoms with E-state index in [2.05, 4.69) is 25.3 Å². The Morgan fingerprint density at radius 2 is 2.00 bits per heavy atom. The fourth-order valence-electron chi connectivity index (χ4n) is 3.96. The maximum Gasteiger partial charge on any atom is 0.259 e. The van der Waals surface area contributed by atoms with Crippen molar-refractivity contribution in [3.63, 3.8) is 0 Å². The maximum absolute atomic E-state index is 13.9. The second kappa shape index (κ2) is 5.34. The Labute approximate surface area is 161 Å². The van der Waals surface area contributed by atoms with E-state index < -0.39 is 17.2 Å². The van der Waals surface area contributed by atoms with Crippen molar-refractivity contribution in [3.8, 4) is 28.4 Å². The van der Waals surface area contributed by atoms with E-state index in [-0.39, 0.29) is 19.6 Å². The van der Waals surface area contributed by atoms with Crippen molar-refractivity contribution in [2.45, 2.75) is 18.9 Å². The number of hydrogen-bond acceptors (Lipinski definition) is 5. The Morgan fingerprint density at radius 1 is 1.14 bits per heavy atom. The Kier molecular flexibility index (Phi) is 3.04. The number of pyridine rings is 2. The highest BCUT2D eigenvalue weighted by Crippen LogP contribution is 2.63. The van der Waals surface area contributed by atoms with Gasteiger partial charge in [0.05, 0.1) is 35.6 Å². The third kappa shape index (κ3) is 2.25. The second-order valence-corrected chi connectivity index (χ2v) is 7.49. The van der Waals surface area contributed by atoms with Crippen LogP contribution in [-0.4, -0.2) is 42.5 Å². The number of H-pyrrole nitrogens is 1. The van der Waals surface area contributed by atoms with E-state index in [1.165, 1.54) is 16.8 Å². The number of nitrogens with one attached hydrogen (secondary N) is 1. The van der Waals surface area contributed by atoms with Crippen molar-refractivity contribution in [3.05, 3.63) is 42.6 Å². The first-order valence-corrected chi connectivity index (χ1v) is 8.99. The average molecular weight is 398 g/mol. The minimum Gasteiger partial charge on any atom is -0.476 e. The smallest absolute Gasteiger partial charge is 0.259 e. The van der Waals surface area contributed by atoms with Crippen molar-refractivity contribution in [1.29, 1.82) is 0 Å². The van der Waals surface area contributed by atoms with Crippen LogP contribution >= 0.6 is 0 Å². The molecule has 1 atom stereocenters. The summed E-state index contributed by atoms with van der Waals surface area (Å²) in [5, 5.41) is 12.1. The van der Waals surface area contributed by atoms with Gasteiger partial charge in [-0.05, 0) is 18.2 Å². The van der Waals surface area contributed by atoms with Gasteiger partial charge in [0.25, 0.3) is 5.92 Å². The Morgan fingerprint density at radius 3 is 2.76 bits per heavy atom. The van der Waals surface area contributed by atoms with E-state index in [1.807, 2.05) is 0 Å². The first-order valence-electron chi connectivity index (χ1n) is 8.99. The number of fused-ring (bicyclic) bond motifs is 2. The third-order valence-electron chi connectivity index (χ3n) is 5.65. The molecule has 2 aliphatic rings. The fraction of sp³-hybridized carbons (Fsp3) is 0.263. The summed E-state index contributed by atoms with van der Waals surface area (Å²) in [5.74, 6) is -2.86. The molecule has 146 valence electrons. The van der Waals surface area contributed by atoms with E-state index in [0.717, 1.165) is 17.1 Å². The molecule has 0 amide bonds. The highest BCUT2D eigenvalue weighted by atomic mass is 19.3. The Balaban J connectivity index is 1.59. The lowest BCUT2D eigenvalue weighted by Crippen LogP contribution is -2.31. The molecule has 7 nitrogen and oxygen atoms in total. The van der Waals surface area contributed by atoms with Gasteiger partial charge < -0.3 is 4.74 Å². The quantitative estimate of drug-likeness (QED) is 0.559. The van der Waals surface area contributed by atoms with Crippen LogP contribution in [0.2, 0.25) is 0 Å². The third-order valence-corrected chi connectivity index (χ3v) is 5.65. The summed E-state index contributed by atoms with van der Waals surface area (Å²) < 4.78 is 48.6. The number of nitrogens with zero attached hydrogens (tertiary/aromatic N) is 5. The normalized spacial score (nSPS) is 21.9.